The molecule has 1 aliphatic heterocycles. The molecule has 0 radical (unpaired) electrons. The minimum absolute atomic E-state index is 0.245. The Balaban J connectivity index is 1.83. The van der Waals surface area contributed by atoms with Crippen molar-refractivity contribution in [3.05, 3.63) is 10.7 Å². The molecule has 0 aromatic carbocycles. The van der Waals surface area contributed by atoms with Gasteiger partial charge in [-0.2, -0.15) is 4.98 Å². The number of nitrogens with one attached hydrogen (secondary N) is 1. The van der Waals surface area contributed by atoms with Gasteiger partial charge in [0.1, 0.15) is 5.02 Å². The van der Waals surface area contributed by atoms with Gasteiger partial charge in [-0.3, -0.25) is 0 Å². The maximum Gasteiger partial charge on any atom is 0.222 e. The maximum atomic E-state index is 6.27. The van der Waals surface area contributed by atoms with Crippen molar-refractivity contribution >= 4 is 23.4 Å². The number of hydrogen-bond donors (Lipinski definition) is 2. The highest BCUT2D eigenvalue weighted by molar-refractivity contribution is 6.33. The molecule has 2 aliphatic rings. The summed E-state index contributed by atoms with van der Waals surface area (Å²) in [5.74, 6) is 1.38. The van der Waals surface area contributed by atoms with Crippen LogP contribution in [0.3, 0.4) is 0 Å². The number of nitrogens with two attached hydrogens (primary N) is 1. The summed E-state index contributed by atoms with van der Waals surface area (Å²) in [5, 5.41) is 3.99. The molecule has 1 saturated carbocycles. The summed E-state index contributed by atoms with van der Waals surface area (Å²) >= 11 is 6.27. The highest BCUT2D eigenvalue weighted by Gasteiger charge is 2.55. The van der Waals surface area contributed by atoms with Crippen LogP contribution in [0, 0.1) is 12.8 Å². The van der Waals surface area contributed by atoms with Crippen molar-refractivity contribution in [1.82, 2.24) is 14.9 Å². The van der Waals surface area contributed by atoms with Gasteiger partial charge in [0.15, 0.2) is 5.82 Å². The molecular weight excluding hydrogens is 278 g/mol. The Bertz CT molecular complexity index is 524. The Kier molecular flexibility index (Phi) is 3.48. The summed E-state index contributed by atoms with van der Waals surface area (Å²) < 4.78 is 5.80. The van der Waals surface area contributed by atoms with Crippen molar-refractivity contribution in [1.29, 1.82) is 0 Å². The molecule has 4 atom stereocenters. The van der Waals surface area contributed by atoms with Crippen molar-refractivity contribution in [2.75, 3.05) is 31.8 Å². The van der Waals surface area contributed by atoms with Crippen LogP contribution in [-0.2, 0) is 4.74 Å². The maximum absolute atomic E-state index is 6.27. The second-order valence-electron chi connectivity index (χ2n) is 5.74. The third-order valence-corrected chi connectivity index (χ3v) is 4.74. The minimum Gasteiger partial charge on any atom is -0.376 e. The lowest BCUT2D eigenvalue weighted by atomic mass is 9.71. The first kappa shape index (κ1) is 13.9. The molecule has 2 fully saturated rings. The molecule has 3 N–H and O–H groups in total. The third-order valence-electron chi connectivity index (χ3n) is 4.28. The van der Waals surface area contributed by atoms with Crippen LogP contribution in [0.4, 0.5) is 11.8 Å². The molecule has 1 aliphatic carbocycles. The van der Waals surface area contributed by atoms with Gasteiger partial charge in [-0.15, -0.1) is 0 Å². The van der Waals surface area contributed by atoms with Gasteiger partial charge in [0, 0.05) is 12.5 Å². The first-order chi connectivity index (χ1) is 9.49. The number of ether oxygens (including phenoxy) is 1. The Labute approximate surface area is 123 Å². The molecule has 3 rings (SSSR count). The van der Waals surface area contributed by atoms with Crippen molar-refractivity contribution < 1.29 is 4.74 Å². The third kappa shape index (κ3) is 2.12. The molecule has 1 aromatic rings. The number of likely N-dealkylation sites (N-methyl/N-ethyl adjacent to an activating group) is 1. The Hall–Kier alpha value is -1.11. The lowest BCUT2D eigenvalue weighted by molar-refractivity contribution is -0.0516. The van der Waals surface area contributed by atoms with E-state index in [0.717, 1.165) is 13.0 Å². The predicted molar refractivity (Wildman–Crippen MR) is 78.9 cm³/mol. The average molecular weight is 298 g/mol. The van der Waals surface area contributed by atoms with E-state index in [9.17, 15) is 0 Å². The number of halogens is 1. The van der Waals surface area contributed by atoms with Crippen LogP contribution in [0.5, 0.6) is 0 Å². The first-order valence-electron chi connectivity index (χ1n) is 6.83. The summed E-state index contributed by atoms with van der Waals surface area (Å²) in [6.45, 7) is 2.66. The Morgan fingerprint density at radius 3 is 2.85 bits per heavy atom. The highest BCUT2D eigenvalue weighted by Crippen LogP contribution is 2.43. The average Bonchev–Trinajstić information content (AvgIpc) is 2.75. The summed E-state index contributed by atoms with van der Waals surface area (Å²) in [6, 6.07) is 0.610. The van der Waals surface area contributed by atoms with Gasteiger partial charge in [-0.1, -0.05) is 11.6 Å². The number of nitrogens with zero attached hydrogens (tertiary/aromatic N) is 3. The van der Waals surface area contributed by atoms with E-state index in [1.54, 1.807) is 0 Å². The summed E-state index contributed by atoms with van der Waals surface area (Å²) in [6.07, 6.45) is 1.38. The van der Waals surface area contributed by atoms with E-state index in [-0.39, 0.29) is 12.0 Å². The summed E-state index contributed by atoms with van der Waals surface area (Å²) in [5.41, 5.74) is 6.40. The van der Waals surface area contributed by atoms with Crippen LogP contribution >= 0.6 is 11.6 Å². The SMILES string of the molecule is Cc1nc(N)nc(N[C@H]2[C@H]3CCO[C@H]3[C@@H]2N(C)C)c1Cl. The number of aromatic nitrogens is 2. The minimum atomic E-state index is 0.245. The van der Waals surface area contributed by atoms with Crippen LogP contribution in [0.1, 0.15) is 12.1 Å². The van der Waals surface area contributed by atoms with Crippen LogP contribution in [0.15, 0.2) is 0 Å². The summed E-state index contributed by atoms with van der Waals surface area (Å²) in [7, 11) is 4.14. The number of hydrogen-bond acceptors (Lipinski definition) is 6. The fourth-order valence-electron chi connectivity index (χ4n) is 3.32. The Morgan fingerprint density at radius 2 is 2.15 bits per heavy atom. The topological polar surface area (TPSA) is 76.3 Å². The fourth-order valence-corrected chi connectivity index (χ4v) is 3.46. The van der Waals surface area contributed by atoms with E-state index >= 15 is 0 Å². The molecule has 0 bridgehead atoms. The van der Waals surface area contributed by atoms with Gasteiger partial charge < -0.3 is 20.7 Å². The van der Waals surface area contributed by atoms with E-state index in [0.29, 0.717) is 34.6 Å². The van der Waals surface area contributed by atoms with Crippen LogP contribution in [-0.4, -0.2) is 53.8 Å². The standard InChI is InChI=1S/C13H20ClN5O/c1-6-8(14)12(18-13(15)16-6)17-9-7-4-5-20-11(7)10(9)19(2)3/h7,9-11H,4-5H2,1-3H3,(H3,15,16,17,18)/t7-,9+,10-,11-/m1/s1. The van der Waals surface area contributed by atoms with E-state index in [2.05, 4.69) is 34.3 Å². The smallest absolute Gasteiger partial charge is 0.222 e. The number of aryl methyl sites for hydroxylation is 1. The lowest BCUT2D eigenvalue weighted by Gasteiger charge is -2.51. The van der Waals surface area contributed by atoms with Gasteiger partial charge in [-0.05, 0) is 27.4 Å². The molecule has 20 heavy (non-hydrogen) atoms. The molecule has 7 heteroatoms. The number of anilines is 2. The zero-order valence-corrected chi connectivity index (χ0v) is 12.7. The largest absolute Gasteiger partial charge is 0.376 e. The second kappa shape index (κ2) is 5.02. The van der Waals surface area contributed by atoms with Crippen molar-refractivity contribution in [2.45, 2.75) is 31.5 Å². The number of nitrogen functional groups attached to an aromatic ring is 1. The normalized spacial score (nSPS) is 32.0. The van der Waals surface area contributed by atoms with Crippen molar-refractivity contribution in [2.24, 2.45) is 5.92 Å². The zero-order valence-electron chi connectivity index (χ0n) is 11.9. The number of rotatable bonds is 3. The van der Waals surface area contributed by atoms with Gasteiger partial charge >= 0.3 is 0 Å². The lowest BCUT2D eigenvalue weighted by Crippen LogP contribution is -2.66. The van der Waals surface area contributed by atoms with Crippen LogP contribution < -0.4 is 11.1 Å². The van der Waals surface area contributed by atoms with E-state index in [1.165, 1.54) is 0 Å². The molecule has 0 unspecified atom stereocenters. The quantitative estimate of drug-likeness (QED) is 0.872. The number of fused-ring (bicyclic) bond motifs is 1. The molecule has 1 saturated heterocycles. The first-order valence-corrected chi connectivity index (χ1v) is 7.21. The second-order valence-corrected chi connectivity index (χ2v) is 6.12. The van der Waals surface area contributed by atoms with Gasteiger partial charge in [-0.25, -0.2) is 4.98 Å². The fraction of sp³-hybridized carbons (Fsp3) is 0.692. The summed E-state index contributed by atoms with van der Waals surface area (Å²) in [4.78, 5) is 10.5. The van der Waals surface area contributed by atoms with E-state index in [4.69, 9.17) is 22.1 Å². The zero-order chi connectivity index (χ0) is 14.4. The van der Waals surface area contributed by atoms with Crippen LogP contribution in [0.2, 0.25) is 5.02 Å². The molecular formula is C13H20ClN5O. The van der Waals surface area contributed by atoms with E-state index in [1.807, 2.05) is 6.92 Å². The molecule has 0 amide bonds. The molecule has 6 nitrogen and oxygen atoms in total. The van der Waals surface area contributed by atoms with Crippen molar-refractivity contribution in [3.8, 4) is 0 Å². The van der Waals surface area contributed by atoms with Crippen molar-refractivity contribution in [3.63, 3.8) is 0 Å². The van der Waals surface area contributed by atoms with Gasteiger partial charge in [0.25, 0.3) is 0 Å². The van der Waals surface area contributed by atoms with E-state index < -0.39 is 0 Å². The predicted octanol–water partition coefficient (Wildman–Crippen LogP) is 1.15. The molecule has 0 spiro atoms. The van der Waals surface area contributed by atoms with Gasteiger partial charge in [0.05, 0.1) is 23.9 Å². The molecule has 2 heterocycles. The monoisotopic (exact) mass is 297 g/mol. The molecule has 110 valence electrons. The van der Waals surface area contributed by atoms with Gasteiger partial charge in [0.2, 0.25) is 5.95 Å². The Morgan fingerprint density at radius 1 is 1.40 bits per heavy atom. The van der Waals surface area contributed by atoms with Crippen LogP contribution in [0.25, 0.3) is 0 Å². The molecule has 1 aromatic heterocycles. The highest BCUT2D eigenvalue weighted by atomic mass is 35.5.